The summed E-state index contributed by atoms with van der Waals surface area (Å²) in [5.74, 6) is 0. The number of rotatable bonds is 4. The molecule has 4 rings (SSSR count). The van der Waals surface area contributed by atoms with E-state index in [0.717, 1.165) is 0 Å². The van der Waals surface area contributed by atoms with E-state index in [1.165, 1.54) is 55.9 Å². The van der Waals surface area contributed by atoms with Crippen LogP contribution in [0.3, 0.4) is 0 Å². The van der Waals surface area contributed by atoms with E-state index in [4.69, 9.17) is 0 Å². The van der Waals surface area contributed by atoms with Gasteiger partial charge >= 0.3 is 26.2 Å². The summed E-state index contributed by atoms with van der Waals surface area (Å²) in [6, 6.07) is 26.4. The summed E-state index contributed by atoms with van der Waals surface area (Å²) in [5.41, 5.74) is 13.2. The fraction of sp³-hybridized carbons (Fsp3) is 0.267. The summed E-state index contributed by atoms with van der Waals surface area (Å²) >= 11 is 0. The van der Waals surface area contributed by atoms with Crippen LogP contribution in [0.5, 0.6) is 0 Å². The quantitative estimate of drug-likeness (QED) is 0.335. The van der Waals surface area contributed by atoms with Crippen LogP contribution in [0.1, 0.15) is 22.3 Å². The van der Waals surface area contributed by atoms with Crippen molar-refractivity contribution >= 4 is 11.4 Å². The summed E-state index contributed by atoms with van der Waals surface area (Å²) in [6.07, 6.45) is 0. The second kappa shape index (κ2) is 14.7. The molecule has 2 nitrogen and oxygen atoms in total. The standard InChI is InChI=1S/2C15H18N.2ClH.Zr/c2*1-11-9-14(10-12(11)2)13-5-7-15(8-6-13)16(3)4;;;/h2*5-10H,1-4H3;2*1H;/q2*-1;;;+4/p-2. The van der Waals surface area contributed by atoms with Gasteiger partial charge in [0.05, 0.1) is 0 Å². The van der Waals surface area contributed by atoms with Gasteiger partial charge in [0.15, 0.2) is 0 Å². The molecule has 5 heteroatoms. The van der Waals surface area contributed by atoms with E-state index in [0.29, 0.717) is 0 Å². The molecule has 35 heavy (non-hydrogen) atoms. The van der Waals surface area contributed by atoms with Crippen LogP contribution in [0.15, 0.2) is 72.8 Å². The summed E-state index contributed by atoms with van der Waals surface area (Å²) in [7, 11) is 8.25. The predicted octanol–water partition coefficient (Wildman–Crippen LogP) is 1.52. The minimum absolute atomic E-state index is 0. The van der Waals surface area contributed by atoms with E-state index in [9.17, 15) is 0 Å². The SMILES string of the molecule is Cc1c[c-](-c2ccc(N(C)C)cc2)cc1C.Cc1c[c-](-c2ccc(N(C)C)cc2)cc1C.[Cl-].[Cl-].[Zr+4]. The van der Waals surface area contributed by atoms with Gasteiger partial charge in [-0.1, -0.05) is 63.1 Å². The average molecular weight is 587 g/mol. The molecule has 0 spiro atoms. The molecule has 0 aliphatic rings. The Bertz CT molecular complexity index is 1020. The first kappa shape index (κ1) is 33.2. The molecule has 0 aliphatic heterocycles. The minimum atomic E-state index is 0. The molecule has 0 N–H and O–H groups in total. The molecule has 4 aromatic carbocycles. The van der Waals surface area contributed by atoms with Gasteiger partial charge in [-0.3, -0.25) is 0 Å². The molecule has 0 saturated heterocycles. The fourth-order valence-electron chi connectivity index (χ4n) is 3.71. The number of hydrogen-bond acceptors (Lipinski definition) is 2. The van der Waals surface area contributed by atoms with Crippen LogP contribution in [-0.4, -0.2) is 28.2 Å². The molecule has 0 radical (unpaired) electrons. The number of aryl methyl sites for hydroxylation is 4. The summed E-state index contributed by atoms with van der Waals surface area (Å²) in [5, 5.41) is 0. The van der Waals surface area contributed by atoms with Gasteiger partial charge in [-0.15, -0.1) is 81.9 Å². The number of benzene rings is 2. The molecule has 0 atom stereocenters. The molecule has 4 aromatic rings. The normalized spacial score (nSPS) is 9.60. The van der Waals surface area contributed by atoms with Gasteiger partial charge in [-0.25, -0.2) is 0 Å². The Morgan fingerprint density at radius 2 is 0.686 bits per heavy atom. The van der Waals surface area contributed by atoms with Crippen molar-refractivity contribution in [2.45, 2.75) is 27.7 Å². The zero-order valence-electron chi connectivity index (χ0n) is 22.1. The van der Waals surface area contributed by atoms with Crippen molar-refractivity contribution in [2.75, 3.05) is 38.0 Å². The second-order valence-corrected chi connectivity index (χ2v) is 9.10. The number of nitrogens with zero attached hydrogens (tertiary/aromatic N) is 2. The Kier molecular flexibility index (Phi) is 13.9. The summed E-state index contributed by atoms with van der Waals surface area (Å²) in [4.78, 5) is 4.23. The van der Waals surface area contributed by atoms with Gasteiger partial charge in [-0.05, 0) is 0 Å². The zero-order chi connectivity index (χ0) is 23.4. The molecule has 0 heterocycles. The third kappa shape index (κ3) is 8.67. The van der Waals surface area contributed by atoms with Gasteiger partial charge in [0.1, 0.15) is 0 Å². The van der Waals surface area contributed by atoms with Crippen molar-refractivity contribution in [3.8, 4) is 22.3 Å². The van der Waals surface area contributed by atoms with Crippen molar-refractivity contribution < 1.29 is 51.0 Å². The maximum Gasteiger partial charge on any atom is 4.00 e. The van der Waals surface area contributed by atoms with E-state index in [1.54, 1.807) is 0 Å². The first-order valence-electron chi connectivity index (χ1n) is 11.2. The molecule has 0 aliphatic carbocycles. The molecule has 184 valence electrons. The molecular formula is C30H36Cl2N2Zr. The van der Waals surface area contributed by atoms with E-state index in [1.807, 2.05) is 0 Å². The monoisotopic (exact) mass is 584 g/mol. The Morgan fingerprint density at radius 1 is 0.457 bits per heavy atom. The number of anilines is 2. The smallest absolute Gasteiger partial charge is 1.00 e. The molecule has 0 bridgehead atoms. The van der Waals surface area contributed by atoms with Crippen LogP contribution in [0, 0.1) is 27.7 Å². The summed E-state index contributed by atoms with van der Waals surface area (Å²) < 4.78 is 0. The summed E-state index contributed by atoms with van der Waals surface area (Å²) in [6.45, 7) is 8.64. The van der Waals surface area contributed by atoms with Gasteiger partial charge in [0, 0.05) is 39.6 Å². The van der Waals surface area contributed by atoms with Crippen LogP contribution >= 0.6 is 0 Å². The van der Waals surface area contributed by atoms with Crippen molar-refractivity contribution in [2.24, 2.45) is 0 Å². The first-order chi connectivity index (χ1) is 15.2. The van der Waals surface area contributed by atoms with Crippen LogP contribution in [-0.2, 0) is 26.2 Å². The van der Waals surface area contributed by atoms with E-state index < -0.39 is 0 Å². The van der Waals surface area contributed by atoms with Crippen LogP contribution < -0.4 is 34.6 Å². The third-order valence-corrected chi connectivity index (χ3v) is 6.17. The van der Waals surface area contributed by atoms with Crippen LogP contribution in [0.2, 0.25) is 0 Å². The molecule has 0 saturated carbocycles. The first-order valence-corrected chi connectivity index (χ1v) is 11.2. The zero-order valence-corrected chi connectivity index (χ0v) is 26.0. The molecule has 0 fully saturated rings. The van der Waals surface area contributed by atoms with Gasteiger partial charge in [0.2, 0.25) is 0 Å². The maximum absolute atomic E-state index is 2.25. The molecule has 0 aromatic heterocycles. The van der Waals surface area contributed by atoms with E-state index in [-0.39, 0.29) is 51.0 Å². The van der Waals surface area contributed by atoms with Gasteiger partial charge in [0.25, 0.3) is 0 Å². The van der Waals surface area contributed by atoms with Crippen LogP contribution in [0.25, 0.3) is 22.3 Å². The van der Waals surface area contributed by atoms with E-state index in [2.05, 4.69) is 138 Å². The maximum atomic E-state index is 2.25. The number of halogens is 2. The van der Waals surface area contributed by atoms with Crippen molar-refractivity contribution in [1.82, 2.24) is 0 Å². The van der Waals surface area contributed by atoms with Gasteiger partial charge < -0.3 is 34.6 Å². The van der Waals surface area contributed by atoms with Crippen LogP contribution in [0.4, 0.5) is 11.4 Å². The minimum Gasteiger partial charge on any atom is -1.00 e. The topological polar surface area (TPSA) is 6.48 Å². The number of hydrogen-bond donors (Lipinski definition) is 0. The molecular weight excluding hydrogens is 550 g/mol. The Balaban J connectivity index is 0.000000608. The fourth-order valence-corrected chi connectivity index (χ4v) is 3.71. The van der Waals surface area contributed by atoms with Crippen molar-refractivity contribution in [3.63, 3.8) is 0 Å². The Hall–Kier alpha value is -1.80. The van der Waals surface area contributed by atoms with Crippen molar-refractivity contribution in [1.29, 1.82) is 0 Å². The Labute approximate surface area is 244 Å². The third-order valence-electron chi connectivity index (χ3n) is 6.17. The molecule has 0 unspecified atom stereocenters. The second-order valence-electron chi connectivity index (χ2n) is 9.10. The average Bonchev–Trinajstić information content (AvgIpc) is 3.29. The largest absolute Gasteiger partial charge is 4.00 e. The van der Waals surface area contributed by atoms with Gasteiger partial charge in [-0.2, -0.15) is 0 Å². The Morgan fingerprint density at radius 3 is 0.886 bits per heavy atom. The van der Waals surface area contributed by atoms with E-state index >= 15 is 0 Å². The van der Waals surface area contributed by atoms with Crippen molar-refractivity contribution in [3.05, 3.63) is 95.1 Å². The molecule has 0 amide bonds. The predicted molar refractivity (Wildman–Crippen MR) is 143 cm³/mol.